The Morgan fingerprint density at radius 1 is 1.22 bits per heavy atom. The first-order valence-electron chi connectivity index (χ1n) is 9.59. The van der Waals surface area contributed by atoms with Gasteiger partial charge in [-0.05, 0) is 43.6 Å². The highest BCUT2D eigenvalue weighted by Gasteiger charge is 2.22. The van der Waals surface area contributed by atoms with Crippen LogP contribution in [0.25, 0.3) is 0 Å². The van der Waals surface area contributed by atoms with Crippen molar-refractivity contribution in [2.75, 3.05) is 26.7 Å². The topological polar surface area (TPSA) is 80.5 Å². The second kappa shape index (κ2) is 9.50. The Kier molecular flexibility index (Phi) is 6.81. The summed E-state index contributed by atoms with van der Waals surface area (Å²) < 4.78 is 10.2. The number of aromatic nitrogens is 2. The number of aryl methyl sites for hydroxylation is 1. The number of benzene rings is 1. The predicted molar refractivity (Wildman–Crippen MR) is 102 cm³/mol. The lowest BCUT2D eigenvalue weighted by atomic mass is 10.0. The van der Waals surface area contributed by atoms with Gasteiger partial charge in [-0.15, -0.1) is 0 Å². The molecule has 1 unspecified atom stereocenters. The summed E-state index contributed by atoms with van der Waals surface area (Å²) in [6.45, 7) is 4.38. The van der Waals surface area contributed by atoms with Crippen molar-refractivity contribution in [3.8, 4) is 5.75 Å². The zero-order valence-electron chi connectivity index (χ0n) is 16.1. The Hall–Kier alpha value is -2.41. The lowest BCUT2D eigenvalue weighted by Gasteiger charge is -2.31. The minimum atomic E-state index is -0.0934. The molecule has 1 N–H and O–H groups in total. The van der Waals surface area contributed by atoms with Gasteiger partial charge >= 0.3 is 0 Å². The fourth-order valence-electron chi connectivity index (χ4n) is 3.52. The highest BCUT2D eigenvalue weighted by molar-refractivity contribution is 5.77. The smallest absolute Gasteiger partial charge is 0.227 e. The minimum Gasteiger partial charge on any atom is -0.497 e. The summed E-state index contributed by atoms with van der Waals surface area (Å²) in [4.78, 5) is 18.9. The van der Waals surface area contributed by atoms with E-state index in [0.29, 0.717) is 18.3 Å². The monoisotopic (exact) mass is 372 g/mol. The quantitative estimate of drug-likeness (QED) is 0.805. The maximum Gasteiger partial charge on any atom is 0.227 e. The van der Waals surface area contributed by atoms with Crippen molar-refractivity contribution in [3.05, 3.63) is 41.5 Å². The van der Waals surface area contributed by atoms with Gasteiger partial charge in [0, 0.05) is 13.5 Å². The lowest BCUT2D eigenvalue weighted by molar-refractivity contribution is -0.120. The average Bonchev–Trinajstić information content (AvgIpc) is 2.92. The van der Waals surface area contributed by atoms with E-state index < -0.39 is 0 Å². The van der Waals surface area contributed by atoms with Crippen molar-refractivity contribution in [2.45, 2.75) is 45.1 Å². The molecule has 27 heavy (non-hydrogen) atoms. The van der Waals surface area contributed by atoms with Crippen LogP contribution >= 0.6 is 0 Å². The molecule has 0 saturated carbocycles. The van der Waals surface area contributed by atoms with E-state index in [2.05, 4.69) is 32.5 Å². The van der Waals surface area contributed by atoms with E-state index in [1.54, 1.807) is 14.0 Å². The van der Waals surface area contributed by atoms with Gasteiger partial charge in [-0.3, -0.25) is 9.69 Å². The molecule has 1 aliphatic heterocycles. The second-order valence-corrected chi connectivity index (χ2v) is 6.95. The Bertz CT molecular complexity index is 721. The Morgan fingerprint density at radius 2 is 1.93 bits per heavy atom. The van der Waals surface area contributed by atoms with Crippen molar-refractivity contribution in [3.63, 3.8) is 0 Å². The number of amides is 1. The highest BCUT2D eigenvalue weighted by Crippen LogP contribution is 2.25. The number of ether oxygens (including phenoxy) is 1. The van der Waals surface area contributed by atoms with E-state index in [-0.39, 0.29) is 18.4 Å². The van der Waals surface area contributed by atoms with Gasteiger partial charge in [0.25, 0.3) is 0 Å². The molecule has 146 valence electrons. The SMILES string of the molecule is COc1ccc(C(CNC(=O)Cc2noc(C)n2)N2CCCCCC2)cc1. The summed E-state index contributed by atoms with van der Waals surface area (Å²) >= 11 is 0. The molecule has 0 spiro atoms. The molecule has 7 heteroatoms. The van der Waals surface area contributed by atoms with Crippen molar-refractivity contribution in [2.24, 2.45) is 0 Å². The molecule has 1 aliphatic rings. The summed E-state index contributed by atoms with van der Waals surface area (Å²) in [6, 6.07) is 8.27. The molecule has 0 radical (unpaired) electrons. The van der Waals surface area contributed by atoms with Gasteiger partial charge in [0.2, 0.25) is 11.8 Å². The fraction of sp³-hybridized carbons (Fsp3) is 0.550. The van der Waals surface area contributed by atoms with Gasteiger partial charge < -0.3 is 14.6 Å². The van der Waals surface area contributed by atoms with Crippen molar-refractivity contribution in [1.82, 2.24) is 20.4 Å². The molecule has 0 bridgehead atoms. The maximum absolute atomic E-state index is 12.3. The maximum atomic E-state index is 12.3. The zero-order chi connectivity index (χ0) is 19.1. The van der Waals surface area contributed by atoms with E-state index >= 15 is 0 Å². The second-order valence-electron chi connectivity index (χ2n) is 6.95. The number of nitrogens with zero attached hydrogens (tertiary/aromatic N) is 3. The molecule has 3 rings (SSSR count). The van der Waals surface area contributed by atoms with Crippen molar-refractivity contribution >= 4 is 5.91 Å². The van der Waals surface area contributed by atoms with Gasteiger partial charge in [0.15, 0.2) is 5.82 Å². The normalized spacial score (nSPS) is 16.5. The number of hydrogen-bond acceptors (Lipinski definition) is 6. The minimum absolute atomic E-state index is 0.0934. The predicted octanol–water partition coefficient (Wildman–Crippen LogP) is 2.66. The van der Waals surface area contributed by atoms with Crippen LogP contribution in [0.3, 0.4) is 0 Å². The van der Waals surface area contributed by atoms with Crippen LogP contribution in [0.1, 0.15) is 49.0 Å². The third-order valence-corrected chi connectivity index (χ3v) is 4.96. The summed E-state index contributed by atoms with van der Waals surface area (Å²) in [5.74, 6) is 1.63. The van der Waals surface area contributed by atoms with Gasteiger partial charge in [-0.25, -0.2) is 0 Å². The molecule has 7 nitrogen and oxygen atoms in total. The highest BCUT2D eigenvalue weighted by atomic mass is 16.5. The zero-order valence-corrected chi connectivity index (χ0v) is 16.1. The number of methoxy groups -OCH3 is 1. The van der Waals surface area contributed by atoms with Gasteiger partial charge in [0.05, 0.1) is 19.6 Å². The van der Waals surface area contributed by atoms with Gasteiger partial charge in [-0.1, -0.05) is 30.1 Å². The van der Waals surface area contributed by atoms with Gasteiger partial charge in [-0.2, -0.15) is 4.98 Å². The van der Waals surface area contributed by atoms with E-state index in [4.69, 9.17) is 9.26 Å². The average molecular weight is 372 g/mol. The molecular weight excluding hydrogens is 344 g/mol. The molecule has 1 amide bonds. The molecule has 1 aromatic carbocycles. The van der Waals surface area contributed by atoms with Crippen LogP contribution in [-0.2, 0) is 11.2 Å². The third kappa shape index (κ3) is 5.53. The van der Waals surface area contributed by atoms with Crippen LogP contribution in [0.15, 0.2) is 28.8 Å². The largest absolute Gasteiger partial charge is 0.497 e. The molecule has 1 saturated heterocycles. The third-order valence-electron chi connectivity index (χ3n) is 4.96. The van der Waals surface area contributed by atoms with E-state index in [1.807, 2.05) is 12.1 Å². The molecule has 1 aromatic heterocycles. The summed E-state index contributed by atoms with van der Waals surface area (Å²) in [5.41, 5.74) is 1.19. The molecule has 1 fully saturated rings. The van der Waals surface area contributed by atoms with Gasteiger partial charge in [0.1, 0.15) is 5.75 Å². The number of carbonyl (C=O) groups excluding carboxylic acids is 1. The lowest BCUT2D eigenvalue weighted by Crippen LogP contribution is -2.39. The van der Waals surface area contributed by atoms with E-state index in [9.17, 15) is 4.79 Å². The molecular formula is C20H28N4O3. The molecule has 0 aliphatic carbocycles. The first-order valence-corrected chi connectivity index (χ1v) is 9.59. The Labute approximate surface area is 160 Å². The number of carbonyl (C=O) groups is 1. The first kappa shape index (κ1) is 19.4. The summed E-state index contributed by atoms with van der Waals surface area (Å²) in [6.07, 6.45) is 5.07. The number of likely N-dealkylation sites (tertiary alicyclic amines) is 1. The number of nitrogens with one attached hydrogen (secondary N) is 1. The Morgan fingerprint density at radius 3 is 2.52 bits per heavy atom. The van der Waals surface area contributed by atoms with E-state index in [1.165, 1.54) is 31.2 Å². The van der Waals surface area contributed by atoms with Crippen LogP contribution in [0, 0.1) is 6.92 Å². The standard InChI is InChI=1S/C20H28N4O3/c1-15-22-19(23-27-15)13-20(25)21-14-18(24-11-5-3-4-6-12-24)16-7-9-17(26-2)10-8-16/h7-10,18H,3-6,11-14H2,1-2H3,(H,21,25). The van der Waals surface area contributed by atoms with Crippen LogP contribution < -0.4 is 10.1 Å². The van der Waals surface area contributed by atoms with Crippen molar-refractivity contribution < 1.29 is 14.1 Å². The first-order chi connectivity index (χ1) is 13.2. The fourth-order valence-corrected chi connectivity index (χ4v) is 3.52. The molecule has 1 atom stereocenters. The van der Waals surface area contributed by atoms with Crippen LogP contribution in [0.5, 0.6) is 5.75 Å². The summed E-state index contributed by atoms with van der Waals surface area (Å²) in [7, 11) is 1.67. The Balaban J connectivity index is 1.67. The van der Waals surface area contributed by atoms with Crippen LogP contribution in [0.4, 0.5) is 0 Å². The number of hydrogen-bond donors (Lipinski definition) is 1. The molecule has 2 heterocycles. The van der Waals surface area contributed by atoms with Crippen molar-refractivity contribution in [1.29, 1.82) is 0 Å². The number of rotatable bonds is 7. The van der Waals surface area contributed by atoms with E-state index in [0.717, 1.165) is 18.8 Å². The van der Waals surface area contributed by atoms with Crippen LogP contribution in [-0.4, -0.2) is 47.7 Å². The molecule has 2 aromatic rings. The van der Waals surface area contributed by atoms with Crippen LogP contribution in [0.2, 0.25) is 0 Å². The summed E-state index contributed by atoms with van der Waals surface area (Å²) in [5, 5.41) is 6.84.